The van der Waals surface area contributed by atoms with Crippen LogP contribution < -0.4 is 10.4 Å². The van der Waals surface area contributed by atoms with Crippen molar-refractivity contribution in [2.24, 2.45) is 17.8 Å². The quantitative estimate of drug-likeness (QED) is 0.717. The molecule has 0 aromatic carbocycles. The van der Waals surface area contributed by atoms with Gasteiger partial charge in [0.15, 0.2) is 0 Å². The summed E-state index contributed by atoms with van der Waals surface area (Å²) < 4.78 is 11.6. The number of nitrogens with zero attached hydrogens (tertiary/aromatic N) is 2. The van der Waals surface area contributed by atoms with E-state index in [-0.39, 0.29) is 12.2 Å². The van der Waals surface area contributed by atoms with E-state index in [0.29, 0.717) is 11.3 Å². The number of hydrogen-bond donors (Lipinski definition) is 1. The molecule has 1 aliphatic heterocycles. The second-order valence-electron chi connectivity index (χ2n) is 9.24. The van der Waals surface area contributed by atoms with E-state index in [0.717, 1.165) is 30.2 Å². The van der Waals surface area contributed by atoms with Gasteiger partial charge in [-0.1, -0.05) is 0 Å². The molecule has 3 aliphatic rings. The lowest BCUT2D eigenvalue weighted by atomic mass is 9.99. The van der Waals surface area contributed by atoms with Gasteiger partial charge in [-0.3, -0.25) is 5.01 Å². The van der Waals surface area contributed by atoms with E-state index in [9.17, 15) is 4.79 Å². The number of carbonyl (C=O) groups is 1. The van der Waals surface area contributed by atoms with Gasteiger partial charge in [0.25, 0.3) is 0 Å². The molecule has 6 heteroatoms. The lowest BCUT2D eigenvalue weighted by molar-refractivity contribution is 0.00681. The standard InChI is InChI=1S/C22H31N3O3/c1-14-17(21(26)28-22(2,3)4)9-10-19(23-14)25-12-11-20(24-25)27-13-18(15-5-6-15)16-7-8-16/h9-12,15-16,18,20,24H,5-8,13H2,1-4H3. The molecule has 1 atom stereocenters. The lowest BCUT2D eigenvalue weighted by Crippen LogP contribution is -2.38. The number of carbonyl (C=O) groups excluding carboxylic acids is 1. The summed E-state index contributed by atoms with van der Waals surface area (Å²) in [4.78, 5) is 16.9. The first-order valence-corrected chi connectivity index (χ1v) is 10.4. The predicted octanol–water partition coefficient (Wildman–Crippen LogP) is 3.96. The van der Waals surface area contributed by atoms with Gasteiger partial charge in [0, 0.05) is 6.20 Å². The Morgan fingerprint density at radius 3 is 2.50 bits per heavy atom. The zero-order valence-electron chi connectivity index (χ0n) is 17.3. The molecule has 6 nitrogen and oxygen atoms in total. The van der Waals surface area contributed by atoms with Crippen LogP contribution in [0.25, 0.3) is 0 Å². The van der Waals surface area contributed by atoms with Gasteiger partial charge in [0.1, 0.15) is 17.6 Å². The van der Waals surface area contributed by atoms with E-state index < -0.39 is 5.60 Å². The van der Waals surface area contributed by atoms with Gasteiger partial charge in [0.2, 0.25) is 0 Å². The summed E-state index contributed by atoms with van der Waals surface area (Å²) in [5.74, 6) is 2.89. The van der Waals surface area contributed by atoms with Crippen LogP contribution in [0.1, 0.15) is 62.5 Å². The van der Waals surface area contributed by atoms with Gasteiger partial charge in [0.05, 0.1) is 17.9 Å². The first-order chi connectivity index (χ1) is 13.3. The van der Waals surface area contributed by atoms with Crippen LogP contribution in [0.4, 0.5) is 5.82 Å². The van der Waals surface area contributed by atoms with Gasteiger partial charge in [-0.05, 0) is 89.3 Å². The first kappa shape index (κ1) is 19.4. The van der Waals surface area contributed by atoms with E-state index >= 15 is 0 Å². The molecule has 4 rings (SSSR count). The van der Waals surface area contributed by atoms with Crippen LogP contribution in [0.3, 0.4) is 0 Å². The Morgan fingerprint density at radius 2 is 1.93 bits per heavy atom. The third kappa shape index (κ3) is 4.73. The smallest absolute Gasteiger partial charge is 0.340 e. The van der Waals surface area contributed by atoms with Crippen molar-refractivity contribution in [3.8, 4) is 0 Å². The van der Waals surface area contributed by atoms with E-state index in [1.54, 1.807) is 6.07 Å². The Hall–Kier alpha value is -1.92. The van der Waals surface area contributed by atoms with Crippen molar-refractivity contribution in [3.05, 3.63) is 35.7 Å². The molecule has 1 aromatic heterocycles. The zero-order valence-corrected chi connectivity index (χ0v) is 17.3. The van der Waals surface area contributed by atoms with Crippen LogP contribution >= 0.6 is 0 Å². The predicted molar refractivity (Wildman–Crippen MR) is 108 cm³/mol. The molecule has 152 valence electrons. The van der Waals surface area contributed by atoms with Crippen molar-refractivity contribution in [1.29, 1.82) is 0 Å². The summed E-state index contributed by atoms with van der Waals surface area (Å²) in [6.45, 7) is 8.23. The molecule has 0 amide bonds. The summed E-state index contributed by atoms with van der Waals surface area (Å²) in [7, 11) is 0. The maximum atomic E-state index is 12.3. The number of anilines is 1. The minimum absolute atomic E-state index is 0.132. The lowest BCUT2D eigenvalue weighted by Gasteiger charge is -2.23. The Labute approximate surface area is 167 Å². The van der Waals surface area contributed by atoms with Gasteiger partial charge in [-0.25, -0.2) is 9.78 Å². The van der Waals surface area contributed by atoms with Gasteiger partial charge in [-0.2, -0.15) is 5.43 Å². The molecular formula is C22H31N3O3. The van der Waals surface area contributed by atoms with Crippen LogP contribution in [0, 0.1) is 24.7 Å². The molecule has 0 radical (unpaired) electrons. The topological polar surface area (TPSA) is 63.7 Å². The molecule has 2 fully saturated rings. The van der Waals surface area contributed by atoms with Crippen molar-refractivity contribution in [1.82, 2.24) is 10.4 Å². The SMILES string of the molecule is Cc1nc(N2C=CC(OCC(C3CC3)C3CC3)N2)ccc1C(=O)OC(C)(C)C. The highest BCUT2D eigenvalue weighted by Gasteiger charge is 2.41. The number of esters is 1. The Morgan fingerprint density at radius 1 is 1.25 bits per heavy atom. The molecule has 0 bridgehead atoms. The average molecular weight is 386 g/mol. The number of pyridine rings is 1. The number of nitrogens with one attached hydrogen (secondary N) is 1. The monoisotopic (exact) mass is 385 g/mol. The highest BCUT2D eigenvalue weighted by molar-refractivity contribution is 5.91. The first-order valence-electron chi connectivity index (χ1n) is 10.4. The third-order valence-electron chi connectivity index (χ3n) is 5.54. The summed E-state index contributed by atoms with van der Waals surface area (Å²) in [5.41, 5.74) is 3.93. The molecule has 0 spiro atoms. The van der Waals surface area contributed by atoms with Crippen molar-refractivity contribution < 1.29 is 14.3 Å². The number of rotatable bonds is 7. The van der Waals surface area contributed by atoms with Gasteiger partial charge in [-0.15, -0.1) is 0 Å². The molecule has 2 saturated carbocycles. The fraction of sp³-hybridized carbons (Fsp3) is 0.636. The third-order valence-corrected chi connectivity index (χ3v) is 5.54. The fourth-order valence-corrected chi connectivity index (χ4v) is 3.77. The Bertz CT molecular complexity index is 751. The van der Waals surface area contributed by atoms with Crippen molar-refractivity contribution in [2.45, 2.75) is 65.2 Å². The Balaban J connectivity index is 1.33. The normalized spacial score (nSPS) is 22.2. The minimum atomic E-state index is -0.523. The molecule has 1 aromatic rings. The highest BCUT2D eigenvalue weighted by atomic mass is 16.6. The minimum Gasteiger partial charge on any atom is -0.456 e. The number of aromatic nitrogens is 1. The van der Waals surface area contributed by atoms with Crippen LogP contribution in [0.5, 0.6) is 0 Å². The average Bonchev–Trinajstić information content (AvgIpc) is 3.53. The number of hydrogen-bond acceptors (Lipinski definition) is 6. The number of hydrazine groups is 1. The zero-order chi connectivity index (χ0) is 19.9. The summed E-state index contributed by atoms with van der Waals surface area (Å²) in [6.07, 6.45) is 9.30. The maximum Gasteiger partial charge on any atom is 0.340 e. The van der Waals surface area contributed by atoms with Crippen molar-refractivity contribution >= 4 is 11.8 Å². The highest BCUT2D eigenvalue weighted by Crippen LogP contribution is 2.49. The summed E-state index contributed by atoms with van der Waals surface area (Å²) in [5, 5.41) is 1.85. The van der Waals surface area contributed by atoms with E-state index in [4.69, 9.17) is 9.47 Å². The molecule has 0 saturated heterocycles. The molecule has 2 aliphatic carbocycles. The summed E-state index contributed by atoms with van der Waals surface area (Å²) in [6, 6.07) is 3.59. The maximum absolute atomic E-state index is 12.3. The molecular weight excluding hydrogens is 354 g/mol. The van der Waals surface area contributed by atoms with E-state index in [1.807, 2.05) is 51.0 Å². The van der Waals surface area contributed by atoms with Gasteiger partial charge < -0.3 is 9.47 Å². The molecule has 1 N–H and O–H groups in total. The van der Waals surface area contributed by atoms with Crippen LogP contribution in [-0.4, -0.2) is 29.4 Å². The van der Waals surface area contributed by atoms with E-state index in [2.05, 4.69) is 10.4 Å². The number of ether oxygens (including phenoxy) is 2. The van der Waals surface area contributed by atoms with Crippen LogP contribution in [-0.2, 0) is 9.47 Å². The second kappa shape index (κ2) is 7.48. The fourth-order valence-electron chi connectivity index (χ4n) is 3.77. The second-order valence-corrected chi connectivity index (χ2v) is 9.24. The molecule has 2 heterocycles. The van der Waals surface area contributed by atoms with Crippen LogP contribution in [0.15, 0.2) is 24.4 Å². The molecule has 1 unspecified atom stereocenters. The van der Waals surface area contributed by atoms with Crippen molar-refractivity contribution in [3.63, 3.8) is 0 Å². The largest absolute Gasteiger partial charge is 0.456 e. The van der Waals surface area contributed by atoms with Crippen molar-refractivity contribution in [2.75, 3.05) is 11.6 Å². The summed E-state index contributed by atoms with van der Waals surface area (Å²) >= 11 is 0. The van der Waals surface area contributed by atoms with Crippen LogP contribution in [0.2, 0.25) is 0 Å². The Kier molecular flexibility index (Phi) is 5.19. The van der Waals surface area contributed by atoms with E-state index in [1.165, 1.54) is 25.7 Å². The molecule has 28 heavy (non-hydrogen) atoms. The van der Waals surface area contributed by atoms with Gasteiger partial charge >= 0.3 is 5.97 Å². The number of aryl methyl sites for hydroxylation is 1.